The van der Waals surface area contributed by atoms with Gasteiger partial charge in [0.15, 0.2) is 0 Å². The summed E-state index contributed by atoms with van der Waals surface area (Å²) >= 11 is 0. The van der Waals surface area contributed by atoms with Gasteiger partial charge in [-0.15, -0.1) is 0 Å². The zero-order chi connectivity index (χ0) is 13.0. The molecule has 0 fully saturated rings. The van der Waals surface area contributed by atoms with Crippen molar-refractivity contribution in [3.05, 3.63) is 34.9 Å². The first kappa shape index (κ1) is 13.6. The molecule has 17 heavy (non-hydrogen) atoms. The Kier molecular flexibility index (Phi) is 4.63. The van der Waals surface area contributed by atoms with Gasteiger partial charge in [-0.25, -0.2) is 9.18 Å². The predicted octanol–water partition coefficient (Wildman–Crippen LogP) is 2.20. The molecule has 1 aromatic rings. The summed E-state index contributed by atoms with van der Waals surface area (Å²) in [6, 6.07) is 4.59. The molecule has 4 heteroatoms. The van der Waals surface area contributed by atoms with Gasteiger partial charge in [-0.2, -0.15) is 0 Å². The number of ether oxygens (including phenoxy) is 1. The quantitative estimate of drug-likeness (QED) is 0.819. The minimum Gasteiger partial charge on any atom is -0.464 e. The number of halogens is 1. The summed E-state index contributed by atoms with van der Waals surface area (Å²) in [5.41, 5.74) is 8.23. The van der Waals surface area contributed by atoms with Crippen LogP contribution < -0.4 is 5.73 Å². The molecule has 0 aromatic heterocycles. The summed E-state index contributed by atoms with van der Waals surface area (Å²) < 4.78 is 18.5. The molecule has 0 saturated heterocycles. The highest BCUT2D eigenvalue weighted by Crippen LogP contribution is 2.24. The lowest BCUT2D eigenvalue weighted by molar-refractivity contribution is -0.149. The monoisotopic (exact) mass is 239 g/mol. The lowest BCUT2D eigenvalue weighted by Gasteiger charge is -2.19. The predicted molar refractivity (Wildman–Crippen MR) is 64.4 cm³/mol. The Morgan fingerprint density at radius 1 is 1.41 bits per heavy atom. The van der Waals surface area contributed by atoms with Gasteiger partial charge in [0.2, 0.25) is 6.17 Å². The first-order chi connectivity index (χ1) is 7.99. The van der Waals surface area contributed by atoms with Crippen LogP contribution in [0.3, 0.4) is 0 Å². The molecule has 0 amide bonds. The van der Waals surface area contributed by atoms with Crippen molar-refractivity contribution >= 4 is 5.97 Å². The minimum absolute atomic E-state index is 0.152. The number of rotatable bonds is 4. The fourth-order valence-corrected chi connectivity index (χ4v) is 1.87. The largest absolute Gasteiger partial charge is 0.464 e. The van der Waals surface area contributed by atoms with Crippen LogP contribution in [0.1, 0.15) is 29.7 Å². The van der Waals surface area contributed by atoms with Crippen LogP contribution in [0.4, 0.5) is 4.39 Å². The first-order valence-corrected chi connectivity index (χ1v) is 5.61. The second-order valence-electron chi connectivity index (χ2n) is 3.99. The molecule has 0 radical (unpaired) electrons. The van der Waals surface area contributed by atoms with E-state index < -0.39 is 18.2 Å². The molecule has 0 spiro atoms. The van der Waals surface area contributed by atoms with Crippen LogP contribution in [0.5, 0.6) is 0 Å². The van der Waals surface area contributed by atoms with E-state index >= 15 is 0 Å². The number of alkyl halides is 1. The number of nitrogens with two attached hydrogens (primary N) is 1. The minimum atomic E-state index is -1.82. The molecule has 0 aliphatic carbocycles. The van der Waals surface area contributed by atoms with Crippen molar-refractivity contribution in [2.24, 2.45) is 5.73 Å². The summed E-state index contributed by atoms with van der Waals surface area (Å²) in [6.07, 6.45) is -1.82. The molecule has 1 rings (SSSR count). The normalized spacial score (nSPS) is 14.2. The van der Waals surface area contributed by atoms with Crippen LogP contribution in [-0.2, 0) is 9.53 Å². The Balaban J connectivity index is 2.96. The van der Waals surface area contributed by atoms with Crippen molar-refractivity contribution < 1.29 is 13.9 Å². The first-order valence-electron chi connectivity index (χ1n) is 5.61. The Bertz CT molecular complexity index is 386. The second-order valence-corrected chi connectivity index (χ2v) is 3.99. The zero-order valence-corrected chi connectivity index (χ0v) is 10.4. The number of carbonyl (C=O) groups is 1. The van der Waals surface area contributed by atoms with Gasteiger partial charge in [0.05, 0.1) is 12.6 Å². The van der Waals surface area contributed by atoms with Gasteiger partial charge in [0, 0.05) is 0 Å². The highest BCUT2D eigenvalue weighted by Gasteiger charge is 2.29. The van der Waals surface area contributed by atoms with E-state index in [1.54, 1.807) is 6.92 Å². The van der Waals surface area contributed by atoms with Crippen LogP contribution in [-0.4, -0.2) is 18.7 Å². The fraction of sp³-hybridized carbons (Fsp3) is 0.462. The number of esters is 1. The fourth-order valence-electron chi connectivity index (χ4n) is 1.87. The number of benzene rings is 1. The Morgan fingerprint density at radius 2 is 1.94 bits per heavy atom. The molecule has 0 saturated carbocycles. The molecule has 2 atom stereocenters. The molecule has 94 valence electrons. The molecule has 2 N–H and O–H groups in total. The standard InChI is InChI=1S/C13H18FNO2/c1-4-17-13(16)11(14)12(15)10-8(2)6-5-7-9(10)3/h5-7,11-12H,4,15H2,1-3H3/t11?,12-/m1/s1. The number of carbonyl (C=O) groups excluding carboxylic acids is 1. The van der Waals surface area contributed by atoms with Gasteiger partial charge in [-0.1, -0.05) is 18.2 Å². The van der Waals surface area contributed by atoms with Crippen molar-refractivity contribution in [3.8, 4) is 0 Å². The van der Waals surface area contributed by atoms with Crippen LogP contribution in [0.25, 0.3) is 0 Å². The topological polar surface area (TPSA) is 52.3 Å². The van der Waals surface area contributed by atoms with Gasteiger partial charge in [-0.05, 0) is 37.5 Å². The molecule has 0 aliphatic rings. The zero-order valence-electron chi connectivity index (χ0n) is 10.4. The molecule has 0 aliphatic heterocycles. The van der Waals surface area contributed by atoms with Crippen molar-refractivity contribution in [2.75, 3.05) is 6.61 Å². The Labute approximate surface area is 101 Å². The Hall–Kier alpha value is -1.42. The summed E-state index contributed by atoms with van der Waals surface area (Å²) in [5, 5.41) is 0. The molecule has 0 bridgehead atoms. The smallest absolute Gasteiger partial charge is 0.342 e. The third-order valence-electron chi connectivity index (χ3n) is 2.70. The van der Waals surface area contributed by atoms with Gasteiger partial charge < -0.3 is 10.5 Å². The van der Waals surface area contributed by atoms with E-state index in [2.05, 4.69) is 4.74 Å². The second kappa shape index (κ2) is 5.77. The molecular formula is C13H18FNO2. The summed E-state index contributed by atoms with van der Waals surface area (Å²) in [4.78, 5) is 11.3. The van der Waals surface area contributed by atoms with E-state index in [1.165, 1.54) is 0 Å². The highest BCUT2D eigenvalue weighted by atomic mass is 19.1. The van der Waals surface area contributed by atoms with Gasteiger partial charge >= 0.3 is 5.97 Å². The highest BCUT2D eigenvalue weighted by molar-refractivity contribution is 5.76. The maximum absolute atomic E-state index is 13.8. The average molecular weight is 239 g/mol. The number of hydrogen-bond donors (Lipinski definition) is 1. The molecular weight excluding hydrogens is 221 g/mol. The van der Waals surface area contributed by atoms with E-state index in [9.17, 15) is 9.18 Å². The maximum Gasteiger partial charge on any atom is 0.342 e. The molecule has 0 heterocycles. The Morgan fingerprint density at radius 3 is 2.41 bits per heavy atom. The van der Waals surface area contributed by atoms with E-state index in [-0.39, 0.29) is 6.61 Å². The molecule has 1 unspecified atom stereocenters. The van der Waals surface area contributed by atoms with Gasteiger partial charge in [0.25, 0.3) is 0 Å². The lowest BCUT2D eigenvalue weighted by Crippen LogP contribution is -2.32. The third-order valence-corrected chi connectivity index (χ3v) is 2.70. The maximum atomic E-state index is 13.8. The van der Waals surface area contributed by atoms with E-state index in [4.69, 9.17) is 5.73 Å². The van der Waals surface area contributed by atoms with Crippen LogP contribution in [0.2, 0.25) is 0 Å². The summed E-state index contributed by atoms with van der Waals surface area (Å²) in [7, 11) is 0. The summed E-state index contributed by atoms with van der Waals surface area (Å²) in [6.45, 7) is 5.48. The van der Waals surface area contributed by atoms with Crippen LogP contribution in [0, 0.1) is 13.8 Å². The van der Waals surface area contributed by atoms with Crippen LogP contribution >= 0.6 is 0 Å². The summed E-state index contributed by atoms with van der Waals surface area (Å²) in [5.74, 6) is -0.900. The third kappa shape index (κ3) is 3.03. The van der Waals surface area contributed by atoms with Crippen molar-refractivity contribution in [2.45, 2.75) is 33.0 Å². The van der Waals surface area contributed by atoms with Crippen molar-refractivity contribution in [1.82, 2.24) is 0 Å². The van der Waals surface area contributed by atoms with Gasteiger partial charge in [-0.3, -0.25) is 0 Å². The van der Waals surface area contributed by atoms with E-state index in [0.717, 1.165) is 11.1 Å². The van der Waals surface area contributed by atoms with E-state index in [0.29, 0.717) is 5.56 Å². The van der Waals surface area contributed by atoms with E-state index in [1.807, 2.05) is 32.0 Å². The molecule has 3 nitrogen and oxygen atoms in total. The van der Waals surface area contributed by atoms with Crippen molar-refractivity contribution in [1.29, 1.82) is 0 Å². The number of aryl methyl sites for hydroxylation is 2. The number of hydrogen-bond acceptors (Lipinski definition) is 3. The lowest BCUT2D eigenvalue weighted by atomic mass is 9.94. The SMILES string of the molecule is CCOC(=O)C(F)[C@H](N)c1c(C)cccc1C. The van der Waals surface area contributed by atoms with Crippen LogP contribution in [0.15, 0.2) is 18.2 Å². The average Bonchev–Trinajstić information content (AvgIpc) is 2.27. The van der Waals surface area contributed by atoms with Gasteiger partial charge in [0.1, 0.15) is 0 Å². The molecule has 1 aromatic carbocycles. The van der Waals surface area contributed by atoms with Crippen molar-refractivity contribution in [3.63, 3.8) is 0 Å².